The van der Waals surface area contributed by atoms with Gasteiger partial charge in [0.2, 0.25) is 0 Å². The molecule has 122 valence electrons. The van der Waals surface area contributed by atoms with Gasteiger partial charge in [0, 0.05) is 25.2 Å². The Morgan fingerprint density at radius 1 is 1.32 bits per heavy atom. The second-order valence-corrected chi connectivity index (χ2v) is 6.39. The van der Waals surface area contributed by atoms with Gasteiger partial charge in [0.25, 0.3) is 5.91 Å². The van der Waals surface area contributed by atoms with Gasteiger partial charge in [-0.25, -0.2) is 0 Å². The van der Waals surface area contributed by atoms with Crippen LogP contribution < -0.4 is 10.1 Å². The van der Waals surface area contributed by atoms with Gasteiger partial charge < -0.3 is 15.0 Å². The molecule has 1 amide bonds. The third-order valence-electron chi connectivity index (χ3n) is 4.58. The fraction of sp³-hybridized carbons (Fsp3) is 0.562. The van der Waals surface area contributed by atoms with Crippen LogP contribution in [-0.4, -0.2) is 42.6 Å². The van der Waals surface area contributed by atoms with Crippen molar-refractivity contribution < 1.29 is 9.53 Å². The van der Waals surface area contributed by atoms with Crippen molar-refractivity contribution in [3.05, 3.63) is 29.3 Å². The molecule has 22 heavy (non-hydrogen) atoms. The van der Waals surface area contributed by atoms with Crippen LogP contribution in [0.1, 0.15) is 25.7 Å². The summed E-state index contributed by atoms with van der Waals surface area (Å²) in [5.41, 5.74) is 0. The van der Waals surface area contributed by atoms with Gasteiger partial charge in [0.15, 0.2) is 6.61 Å². The Kier molecular flexibility index (Phi) is 5.95. The molecule has 6 heteroatoms. The van der Waals surface area contributed by atoms with Crippen molar-refractivity contribution in [3.8, 4) is 5.75 Å². The number of fused-ring (bicyclic) bond motifs is 2. The summed E-state index contributed by atoms with van der Waals surface area (Å²) in [7, 11) is 1.88. The minimum Gasteiger partial charge on any atom is -0.482 e. The van der Waals surface area contributed by atoms with Crippen LogP contribution in [0.5, 0.6) is 5.75 Å². The number of para-hydroxylation sites is 1. The average Bonchev–Trinajstić information content (AvgIpc) is 2.83. The highest BCUT2D eigenvalue weighted by Crippen LogP contribution is 2.29. The van der Waals surface area contributed by atoms with Crippen LogP contribution >= 0.6 is 24.0 Å². The highest BCUT2D eigenvalue weighted by Gasteiger charge is 2.36. The highest BCUT2D eigenvalue weighted by molar-refractivity contribution is 6.32. The quantitative estimate of drug-likeness (QED) is 0.912. The minimum absolute atomic E-state index is 0. The molecule has 1 aromatic carbocycles. The smallest absolute Gasteiger partial charge is 0.260 e. The molecule has 0 aliphatic carbocycles. The zero-order valence-corrected chi connectivity index (χ0v) is 14.2. The molecule has 2 fully saturated rings. The second kappa shape index (κ2) is 7.53. The molecule has 0 aromatic heterocycles. The molecule has 3 rings (SSSR count). The number of amides is 1. The summed E-state index contributed by atoms with van der Waals surface area (Å²) >= 11 is 6.02. The molecular formula is C16H22Cl2N2O2. The number of carbonyl (C=O) groups is 1. The number of piperidine rings is 1. The van der Waals surface area contributed by atoms with Gasteiger partial charge in [-0.15, -0.1) is 12.4 Å². The Morgan fingerprint density at radius 3 is 2.59 bits per heavy atom. The van der Waals surface area contributed by atoms with E-state index in [1.165, 1.54) is 12.8 Å². The van der Waals surface area contributed by atoms with Crippen LogP contribution in [0.2, 0.25) is 5.02 Å². The zero-order valence-electron chi connectivity index (χ0n) is 12.6. The van der Waals surface area contributed by atoms with Crippen LogP contribution in [0.4, 0.5) is 0 Å². The fourth-order valence-electron chi connectivity index (χ4n) is 3.35. The number of likely N-dealkylation sites (N-methyl/N-ethyl adjacent to an activating group) is 1. The molecule has 0 saturated carbocycles. The van der Waals surface area contributed by atoms with E-state index in [2.05, 4.69) is 5.32 Å². The first-order chi connectivity index (χ1) is 10.1. The van der Waals surface area contributed by atoms with Crippen molar-refractivity contribution in [1.29, 1.82) is 0 Å². The van der Waals surface area contributed by atoms with E-state index in [4.69, 9.17) is 16.3 Å². The summed E-state index contributed by atoms with van der Waals surface area (Å²) in [5, 5.41) is 4.13. The first-order valence-corrected chi connectivity index (χ1v) is 7.90. The average molecular weight is 345 g/mol. The van der Waals surface area contributed by atoms with E-state index < -0.39 is 0 Å². The Labute approximate surface area is 142 Å². The summed E-state index contributed by atoms with van der Waals surface area (Å²) in [5.74, 6) is 0.576. The molecule has 2 heterocycles. The van der Waals surface area contributed by atoms with E-state index in [1.807, 2.05) is 24.1 Å². The normalized spacial score (nSPS) is 26.2. The molecule has 1 aromatic rings. The van der Waals surface area contributed by atoms with Gasteiger partial charge in [-0.2, -0.15) is 0 Å². The Morgan fingerprint density at radius 2 is 1.95 bits per heavy atom. The SMILES string of the molecule is CN(C(=O)COc1ccccc1Cl)C1CC2CCC(C1)N2.Cl. The minimum atomic E-state index is 0. The van der Waals surface area contributed by atoms with Crippen LogP contribution in [0.15, 0.2) is 24.3 Å². The summed E-state index contributed by atoms with van der Waals surface area (Å²) in [4.78, 5) is 14.1. The van der Waals surface area contributed by atoms with Gasteiger partial charge in [0.1, 0.15) is 5.75 Å². The summed E-state index contributed by atoms with van der Waals surface area (Å²) < 4.78 is 5.54. The molecule has 2 saturated heterocycles. The first-order valence-electron chi connectivity index (χ1n) is 7.52. The molecule has 2 bridgehead atoms. The summed E-state index contributed by atoms with van der Waals surface area (Å²) in [6, 6.07) is 8.71. The van der Waals surface area contributed by atoms with E-state index in [9.17, 15) is 4.79 Å². The van der Waals surface area contributed by atoms with Crippen LogP contribution in [-0.2, 0) is 4.79 Å². The Hall–Kier alpha value is -0.970. The van der Waals surface area contributed by atoms with Crippen molar-refractivity contribution in [2.45, 2.75) is 43.8 Å². The number of ether oxygens (including phenoxy) is 1. The topological polar surface area (TPSA) is 41.6 Å². The predicted molar refractivity (Wildman–Crippen MR) is 89.9 cm³/mol. The van der Waals surface area contributed by atoms with E-state index in [0.717, 1.165) is 12.8 Å². The van der Waals surface area contributed by atoms with E-state index in [-0.39, 0.29) is 24.9 Å². The van der Waals surface area contributed by atoms with Crippen LogP contribution in [0.3, 0.4) is 0 Å². The second-order valence-electron chi connectivity index (χ2n) is 5.99. The fourth-order valence-corrected chi connectivity index (χ4v) is 3.54. The molecule has 2 unspecified atom stereocenters. The van der Waals surface area contributed by atoms with Crippen molar-refractivity contribution >= 4 is 29.9 Å². The molecule has 4 nitrogen and oxygen atoms in total. The summed E-state index contributed by atoms with van der Waals surface area (Å²) in [6.07, 6.45) is 4.56. The lowest BCUT2D eigenvalue weighted by atomic mass is 9.98. The summed E-state index contributed by atoms with van der Waals surface area (Å²) in [6.45, 7) is 0.0412. The van der Waals surface area contributed by atoms with Crippen molar-refractivity contribution in [1.82, 2.24) is 10.2 Å². The monoisotopic (exact) mass is 344 g/mol. The van der Waals surface area contributed by atoms with Gasteiger partial charge in [-0.3, -0.25) is 4.79 Å². The van der Waals surface area contributed by atoms with Crippen LogP contribution in [0, 0.1) is 0 Å². The number of benzene rings is 1. The lowest BCUT2D eigenvalue weighted by molar-refractivity contribution is -0.134. The molecule has 2 aliphatic rings. The van der Waals surface area contributed by atoms with Gasteiger partial charge >= 0.3 is 0 Å². The largest absolute Gasteiger partial charge is 0.482 e. The molecule has 1 N–H and O–H groups in total. The van der Waals surface area contributed by atoms with Crippen molar-refractivity contribution in [2.75, 3.05) is 13.7 Å². The van der Waals surface area contributed by atoms with Crippen molar-refractivity contribution in [3.63, 3.8) is 0 Å². The van der Waals surface area contributed by atoms with E-state index >= 15 is 0 Å². The van der Waals surface area contributed by atoms with Crippen LogP contribution in [0.25, 0.3) is 0 Å². The number of nitrogens with zero attached hydrogens (tertiary/aromatic N) is 1. The molecule has 2 aliphatic heterocycles. The van der Waals surface area contributed by atoms with Gasteiger partial charge in [-0.05, 0) is 37.8 Å². The molecular weight excluding hydrogens is 323 g/mol. The maximum absolute atomic E-state index is 12.3. The van der Waals surface area contributed by atoms with Gasteiger partial charge in [0.05, 0.1) is 5.02 Å². The lowest BCUT2D eigenvalue weighted by Gasteiger charge is -2.35. The Bertz CT molecular complexity index is 515. The molecule has 2 atom stereocenters. The standard InChI is InChI=1S/C16H21ClN2O2.ClH/c1-19(13-8-11-6-7-12(9-13)18-11)16(20)10-21-15-5-3-2-4-14(15)17;/h2-5,11-13,18H,6-10H2,1H3;1H. The zero-order chi connectivity index (χ0) is 14.8. The number of carbonyl (C=O) groups excluding carboxylic acids is 1. The maximum atomic E-state index is 12.3. The first kappa shape index (κ1) is 17.4. The van der Waals surface area contributed by atoms with Crippen molar-refractivity contribution in [2.24, 2.45) is 0 Å². The number of hydrogen-bond acceptors (Lipinski definition) is 3. The van der Waals surface area contributed by atoms with E-state index in [1.54, 1.807) is 12.1 Å². The third-order valence-corrected chi connectivity index (χ3v) is 4.89. The number of hydrogen-bond donors (Lipinski definition) is 1. The number of halogens is 2. The predicted octanol–water partition coefficient (Wildman–Crippen LogP) is 2.88. The number of rotatable bonds is 4. The molecule has 0 spiro atoms. The van der Waals surface area contributed by atoms with E-state index in [0.29, 0.717) is 28.9 Å². The van der Waals surface area contributed by atoms with Gasteiger partial charge in [-0.1, -0.05) is 23.7 Å². The lowest BCUT2D eigenvalue weighted by Crippen LogP contribution is -2.49. The third kappa shape index (κ3) is 3.86. The Balaban J connectivity index is 0.00000176. The number of nitrogens with one attached hydrogen (secondary N) is 1. The molecule has 0 radical (unpaired) electrons. The highest BCUT2D eigenvalue weighted by atomic mass is 35.5. The maximum Gasteiger partial charge on any atom is 0.260 e.